The van der Waals surface area contributed by atoms with Gasteiger partial charge in [-0.3, -0.25) is 10.1 Å². The van der Waals surface area contributed by atoms with E-state index in [1.54, 1.807) is 18.0 Å². The molecule has 1 amide bonds. The van der Waals surface area contributed by atoms with E-state index in [0.717, 1.165) is 28.6 Å². The Morgan fingerprint density at radius 1 is 1.43 bits per heavy atom. The third kappa shape index (κ3) is 3.97. The molecule has 1 aromatic heterocycles. The Morgan fingerprint density at radius 2 is 2.27 bits per heavy atom. The average molecular weight is 422 g/mol. The summed E-state index contributed by atoms with van der Waals surface area (Å²) in [5, 5.41) is 19.4. The molecule has 4 rings (SSSR count). The fraction of sp³-hybridized carbons (Fsp3) is 0.333. The van der Waals surface area contributed by atoms with Gasteiger partial charge in [0.25, 0.3) is 0 Å². The molecule has 1 fully saturated rings. The van der Waals surface area contributed by atoms with Crippen LogP contribution in [0.3, 0.4) is 0 Å². The molecule has 2 aliphatic rings. The van der Waals surface area contributed by atoms with Crippen molar-refractivity contribution in [1.29, 1.82) is 5.26 Å². The number of allylic oxidation sites excluding steroid dienone is 1. The maximum Gasteiger partial charge on any atom is 0.229 e. The molecule has 0 aliphatic carbocycles. The molecular weight excluding hydrogens is 398 g/mol. The van der Waals surface area contributed by atoms with Crippen molar-refractivity contribution < 1.29 is 4.79 Å². The fourth-order valence-corrected chi connectivity index (χ4v) is 4.59. The van der Waals surface area contributed by atoms with Crippen LogP contribution >= 0.6 is 11.8 Å². The largest absolute Gasteiger partial charge is 0.339 e. The van der Waals surface area contributed by atoms with E-state index in [0.29, 0.717) is 30.1 Å². The Balaban J connectivity index is 1.64. The third-order valence-corrected chi connectivity index (χ3v) is 6.08. The van der Waals surface area contributed by atoms with Gasteiger partial charge in [0.15, 0.2) is 0 Å². The number of nitriles is 1. The minimum Gasteiger partial charge on any atom is -0.339 e. The van der Waals surface area contributed by atoms with E-state index < -0.39 is 0 Å². The molecule has 154 valence electrons. The van der Waals surface area contributed by atoms with E-state index in [1.165, 1.54) is 0 Å². The number of para-hydroxylation sites is 2. The van der Waals surface area contributed by atoms with Gasteiger partial charge in [-0.1, -0.05) is 12.1 Å². The first-order chi connectivity index (χ1) is 14.6. The van der Waals surface area contributed by atoms with Gasteiger partial charge in [0.05, 0.1) is 17.1 Å². The number of carbonyl (C=O) groups is 1. The number of anilines is 3. The Hall–Kier alpha value is -3.09. The number of hydrogen-bond donors (Lipinski definition) is 3. The van der Waals surface area contributed by atoms with Crippen molar-refractivity contribution in [3.8, 4) is 6.07 Å². The van der Waals surface area contributed by atoms with Gasteiger partial charge in [0, 0.05) is 36.8 Å². The highest BCUT2D eigenvalue weighted by Crippen LogP contribution is 2.38. The number of fused-ring (bicyclic) bond motifs is 1. The van der Waals surface area contributed by atoms with Crippen molar-refractivity contribution in [1.82, 2.24) is 15.3 Å². The zero-order valence-electron chi connectivity index (χ0n) is 16.9. The van der Waals surface area contributed by atoms with Crippen LogP contribution in [0.25, 0.3) is 5.57 Å². The zero-order valence-corrected chi connectivity index (χ0v) is 17.7. The molecule has 1 aromatic carbocycles. The molecule has 0 unspecified atom stereocenters. The van der Waals surface area contributed by atoms with Crippen LogP contribution in [0.2, 0.25) is 0 Å². The lowest BCUT2D eigenvalue weighted by Crippen LogP contribution is -2.29. The van der Waals surface area contributed by atoms with E-state index in [1.807, 2.05) is 38.1 Å². The van der Waals surface area contributed by atoms with Gasteiger partial charge in [-0.15, -0.1) is 11.8 Å². The first-order valence-electron chi connectivity index (χ1n) is 9.83. The number of aromatic nitrogens is 2. The standard InChI is InChI=1S/C21H23N7OS/c1-3-28-17-7-5-4-6-16(17)25-20(28)15(9-22)19-13(2)10-23-21(27-19)26-18(29)8-14-11-30-12-24-14/h4-7,10,14,24-25H,3,8,11-12H2,1-2H3,(H,23,26,27,29)/b20-15+/t14-/m0/s1. The van der Waals surface area contributed by atoms with Crippen molar-refractivity contribution in [2.75, 3.05) is 33.7 Å². The van der Waals surface area contributed by atoms with E-state index in [9.17, 15) is 10.1 Å². The summed E-state index contributed by atoms with van der Waals surface area (Å²) in [6, 6.07) is 10.4. The van der Waals surface area contributed by atoms with Crippen molar-refractivity contribution in [3.63, 3.8) is 0 Å². The van der Waals surface area contributed by atoms with Gasteiger partial charge < -0.3 is 15.5 Å². The number of aryl methyl sites for hydroxylation is 1. The molecule has 0 saturated carbocycles. The van der Waals surface area contributed by atoms with Crippen LogP contribution in [-0.2, 0) is 4.79 Å². The topological polar surface area (TPSA) is 106 Å². The summed E-state index contributed by atoms with van der Waals surface area (Å²) in [5.74, 6) is 2.53. The third-order valence-electron chi connectivity index (χ3n) is 5.07. The van der Waals surface area contributed by atoms with E-state index in [-0.39, 0.29) is 17.9 Å². The quantitative estimate of drug-likeness (QED) is 0.633. The first-order valence-corrected chi connectivity index (χ1v) is 11.0. The fourth-order valence-electron chi connectivity index (χ4n) is 3.60. The zero-order chi connectivity index (χ0) is 21.1. The molecule has 0 radical (unpaired) electrons. The van der Waals surface area contributed by atoms with Gasteiger partial charge >= 0.3 is 0 Å². The van der Waals surface area contributed by atoms with Gasteiger partial charge in [0.1, 0.15) is 17.5 Å². The first kappa shape index (κ1) is 20.2. The highest BCUT2D eigenvalue weighted by atomic mass is 32.2. The summed E-state index contributed by atoms with van der Waals surface area (Å²) in [7, 11) is 0. The molecule has 2 aliphatic heterocycles. The average Bonchev–Trinajstić information content (AvgIpc) is 3.38. The lowest BCUT2D eigenvalue weighted by molar-refractivity contribution is -0.116. The minimum atomic E-state index is -0.141. The summed E-state index contributed by atoms with van der Waals surface area (Å²) in [6.07, 6.45) is 2.00. The summed E-state index contributed by atoms with van der Waals surface area (Å²) in [6.45, 7) is 4.59. The Bertz CT molecular complexity index is 1040. The maximum absolute atomic E-state index is 12.4. The Morgan fingerprint density at radius 3 is 3.00 bits per heavy atom. The monoisotopic (exact) mass is 421 g/mol. The van der Waals surface area contributed by atoms with Crippen LogP contribution in [0, 0.1) is 18.3 Å². The number of hydrogen-bond acceptors (Lipinski definition) is 8. The van der Waals surface area contributed by atoms with Crippen molar-refractivity contribution in [3.05, 3.63) is 47.5 Å². The second kappa shape index (κ2) is 8.73. The summed E-state index contributed by atoms with van der Waals surface area (Å²) < 4.78 is 0. The summed E-state index contributed by atoms with van der Waals surface area (Å²) >= 11 is 1.78. The number of thioether (sulfide) groups is 1. The van der Waals surface area contributed by atoms with Gasteiger partial charge in [0.2, 0.25) is 11.9 Å². The number of nitrogens with zero attached hydrogens (tertiary/aromatic N) is 4. The number of rotatable bonds is 5. The van der Waals surface area contributed by atoms with Gasteiger partial charge in [-0.2, -0.15) is 5.26 Å². The number of carbonyl (C=O) groups excluding carboxylic acids is 1. The van der Waals surface area contributed by atoms with Crippen molar-refractivity contribution in [2.45, 2.75) is 26.3 Å². The van der Waals surface area contributed by atoms with E-state index in [2.05, 4.69) is 36.9 Å². The molecule has 9 heteroatoms. The Kier molecular flexibility index (Phi) is 5.88. The van der Waals surface area contributed by atoms with Gasteiger partial charge in [-0.05, 0) is 31.5 Å². The molecule has 3 N–H and O–H groups in total. The molecule has 2 aromatic rings. The smallest absolute Gasteiger partial charge is 0.229 e. The molecule has 3 heterocycles. The van der Waals surface area contributed by atoms with Crippen molar-refractivity contribution in [2.24, 2.45) is 0 Å². The molecule has 0 spiro atoms. The number of benzene rings is 1. The normalized spacial score (nSPS) is 19.1. The highest BCUT2D eigenvalue weighted by molar-refractivity contribution is 7.99. The van der Waals surface area contributed by atoms with Crippen molar-refractivity contribution >= 4 is 40.6 Å². The van der Waals surface area contributed by atoms with Crippen LogP contribution in [0.1, 0.15) is 24.6 Å². The lowest BCUT2D eigenvalue weighted by Gasteiger charge is -2.19. The van der Waals surface area contributed by atoms with Crippen LogP contribution in [0.4, 0.5) is 17.3 Å². The second-order valence-electron chi connectivity index (χ2n) is 7.12. The van der Waals surface area contributed by atoms with Crippen LogP contribution in [0.15, 0.2) is 36.3 Å². The van der Waals surface area contributed by atoms with Crippen LogP contribution < -0.4 is 20.9 Å². The molecule has 0 bridgehead atoms. The Labute approximate surface area is 179 Å². The maximum atomic E-state index is 12.4. The number of nitrogens with one attached hydrogen (secondary N) is 3. The van der Waals surface area contributed by atoms with E-state index >= 15 is 0 Å². The van der Waals surface area contributed by atoms with Gasteiger partial charge in [-0.25, -0.2) is 9.97 Å². The predicted octanol–water partition coefficient (Wildman–Crippen LogP) is 2.92. The lowest BCUT2D eigenvalue weighted by atomic mass is 10.1. The minimum absolute atomic E-state index is 0.141. The molecule has 8 nitrogen and oxygen atoms in total. The second-order valence-corrected chi connectivity index (χ2v) is 8.15. The molecule has 1 saturated heterocycles. The number of amides is 1. The van der Waals surface area contributed by atoms with E-state index in [4.69, 9.17) is 0 Å². The van der Waals surface area contributed by atoms with Crippen LogP contribution in [-0.4, -0.2) is 40.1 Å². The highest BCUT2D eigenvalue weighted by Gasteiger charge is 2.27. The predicted molar refractivity (Wildman–Crippen MR) is 120 cm³/mol. The molecular formula is C21H23N7OS. The molecule has 1 atom stereocenters. The SMILES string of the molecule is CCN1/C(=C(\C#N)c2nc(NC(=O)C[C@H]3CSCN3)ncc2C)Nc2ccccc21. The van der Waals surface area contributed by atoms with Crippen LogP contribution in [0.5, 0.6) is 0 Å². The summed E-state index contributed by atoms with van der Waals surface area (Å²) in [5.41, 5.74) is 3.65. The summed E-state index contributed by atoms with van der Waals surface area (Å²) in [4.78, 5) is 23.2. The molecule has 30 heavy (non-hydrogen) atoms.